The zero-order valence-electron chi connectivity index (χ0n) is 19.1. The van der Waals surface area contributed by atoms with Gasteiger partial charge in [-0.3, -0.25) is 9.59 Å². The van der Waals surface area contributed by atoms with Crippen molar-refractivity contribution in [2.45, 2.75) is 32.7 Å². The molecule has 0 aromatic heterocycles. The highest BCUT2D eigenvalue weighted by Crippen LogP contribution is 2.42. The summed E-state index contributed by atoms with van der Waals surface area (Å²) in [5, 5.41) is 2.96. The molecule has 1 N–H and O–H groups in total. The summed E-state index contributed by atoms with van der Waals surface area (Å²) in [5.74, 6) is 0.303. The van der Waals surface area contributed by atoms with Crippen LogP contribution in [0, 0.1) is 17.7 Å². The van der Waals surface area contributed by atoms with Gasteiger partial charge in [0, 0.05) is 37.5 Å². The number of halogens is 1. The zero-order chi connectivity index (χ0) is 23.3. The van der Waals surface area contributed by atoms with Gasteiger partial charge in [0.2, 0.25) is 11.8 Å². The second kappa shape index (κ2) is 10.5. The minimum absolute atomic E-state index is 0.0423. The van der Waals surface area contributed by atoms with Crippen LogP contribution in [0.25, 0.3) is 0 Å². The fraction of sp³-hybridized carbons (Fsp3) is 0.440. The summed E-state index contributed by atoms with van der Waals surface area (Å²) in [5.41, 5.74) is 1.65. The van der Waals surface area contributed by atoms with Crippen molar-refractivity contribution in [2.75, 3.05) is 27.3 Å². The number of rotatable bonds is 8. The van der Waals surface area contributed by atoms with Gasteiger partial charge in [0.1, 0.15) is 5.82 Å². The lowest BCUT2D eigenvalue weighted by atomic mass is 9.87. The van der Waals surface area contributed by atoms with Crippen molar-refractivity contribution in [1.29, 1.82) is 0 Å². The molecule has 0 unspecified atom stereocenters. The topological polar surface area (TPSA) is 67.9 Å². The molecule has 6 nitrogen and oxygen atoms in total. The Bertz CT molecular complexity index is 945. The predicted octanol–water partition coefficient (Wildman–Crippen LogP) is 3.75. The Hall–Kier alpha value is -3.09. The minimum Gasteiger partial charge on any atom is -0.493 e. The van der Waals surface area contributed by atoms with Gasteiger partial charge in [0.25, 0.3) is 0 Å². The number of benzene rings is 2. The van der Waals surface area contributed by atoms with Crippen LogP contribution in [0.2, 0.25) is 0 Å². The smallest absolute Gasteiger partial charge is 0.225 e. The zero-order valence-corrected chi connectivity index (χ0v) is 19.1. The molecule has 172 valence electrons. The molecule has 0 bridgehead atoms. The van der Waals surface area contributed by atoms with Crippen LogP contribution >= 0.6 is 0 Å². The van der Waals surface area contributed by atoms with Crippen LogP contribution in [0.3, 0.4) is 0 Å². The van der Waals surface area contributed by atoms with Crippen LogP contribution in [0.4, 0.5) is 4.39 Å². The first-order valence-electron chi connectivity index (χ1n) is 10.8. The molecular formula is C25H31FN2O4. The third kappa shape index (κ3) is 5.39. The van der Waals surface area contributed by atoms with E-state index in [2.05, 4.69) is 5.32 Å². The average Bonchev–Trinajstić information content (AvgIpc) is 3.23. The van der Waals surface area contributed by atoms with E-state index in [9.17, 15) is 14.0 Å². The number of carbonyl (C=O) groups excluding carboxylic acids is 2. The summed E-state index contributed by atoms with van der Waals surface area (Å²) in [6, 6.07) is 11.6. The SMILES string of the molecule is COc1cccc([C@H]2CN(C(=O)CC(C)C)C[C@@H]2C(=O)NCc2ccc(F)cc2)c1OC. The number of methoxy groups -OCH3 is 2. The first-order chi connectivity index (χ1) is 15.3. The van der Waals surface area contributed by atoms with E-state index in [4.69, 9.17) is 9.47 Å². The number of amides is 2. The van der Waals surface area contributed by atoms with E-state index in [1.165, 1.54) is 12.1 Å². The number of carbonyl (C=O) groups is 2. The van der Waals surface area contributed by atoms with Gasteiger partial charge in [-0.05, 0) is 29.7 Å². The Balaban J connectivity index is 1.85. The maximum Gasteiger partial charge on any atom is 0.225 e. The van der Waals surface area contributed by atoms with Crippen LogP contribution in [-0.4, -0.2) is 44.0 Å². The van der Waals surface area contributed by atoms with Crippen LogP contribution in [-0.2, 0) is 16.1 Å². The van der Waals surface area contributed by atoms with Gasteiger partial charge in [-0.2, -0.15) is 0 Å². The first kappa shape index (κ1) is 23.6. The third-order valence-corrected chi connectivity index (χ3v) is 5.81. The van der Waals surface area contributed by atoms with Crippen LogP contribution in [0.5, 0.6) is 11.5 Å². The lowest BCUT2D eigenvalue weighted by molar-refractivity contribution is -0.131. The largest absolute Gasteiger partial charge is 0.493 e. The van der Waals surface area contributed by atoms with Gasteiger partial charge in [-0.1, -0.05) is 38.1 Å². The second-order valence-electron chi connectivity index (χ2n) is 8.54. The summed E-state index contributed by atoms with van der Waals surface area (Å²) in [7, 11) is 3.14. The van der Waals surface area contributed by atoms with E-state index >= 15 is 0 Å². The fourth-order valence-corrected chi connectivity index (χ4v) is 4.19. The summed E-state index contributed by atoms with van der Waals surface area (Å²) in [6.07, 6.45) is 0.436. The molecule has 32 heavy (non-hydrogen) atoms. The van der Waals surface area contributed by atoms with Gasteiger partial charge >= 0.3 is 0 Å². The second-order valence-corrected chi connectivity index (χ2v) is 8.54. The summed E-state index contributed by atoms with van der Waals surface area (Å²) in [6.45, 7) is 5.07. The number of nitrogens with one attached hydrogen (secondary N) is 1. The molecule has 2 aromatic carbocycles. The van der Waals surface area contributed by atoms with Gasteiger partial charge in [0.15, 0.2) is 11.5 Å². The van der Waals surface area contributed by atoms with Crippen molar-refractivity contribution in [3.8, 4) is 11.5 Å². The third-order valence-electron chi connectivity index (χ3n) is 5.81. The molecule has 1 aliphatic rings. The highest BCUT2D eigenvalue weighted by Gasteiger charge is 2.41. The molecule has 1 saturated heterocycles. The van der Waals surface area contributed by atoms with Gasteiger partial charge in [0.05, 0.1) is 20.1 Å². The normalized spacial score (nSPS) is 18.0. The van der Waals surface area contributed by atoms with Crippen LogP contribution in [0.1, 0.15) is 37.3 Å². The monoisotopic (exact) mass is 442 g/mol. The molecule has 2 aromatic rings. The van der Waals surface area contributed by atoms with E-state index in [0.717, 1.165) is 11.1 Å². The molecule has 2 amide bonds. The fourth-order valence-electron chi connectivity index (χ4n) is 4.19. The van der Waals surface area contributed by atoms with Crippen LogP contribution < -0.4 is 14.8 Å². The molecule has 0 aliphatic carbocycles. The molecule has 3 rings (SSSR count). The lowest BCUT2D eigenvalue weighted by Gasteiger charge is -2.21. The van der Waals surface area contributed by atoms with Crippen molar-refractivity contribution in [1.82, 2.24) is 10.2 Å². The number of likely N-dealkylation sites (tertiary alicyclic amines) is 1. The molecule has 0 saturated carbocycles. The van der Waals surface area contributed by atoms with Crippen molar-refractivity contribution in [3.63, 3.8) is 0 Å². The van der Waals surface area contributed by atoms with E-state index in [1.807, 2.05) is 32.0 Å². The highest BCUT2D eigenvalue weighted by atomic mass is 19.1. The Kier molecular flexibility index (Phi) is 7.72. The standard InChI is InChI=1S/C25H31FN2O4/c1-16(2)12-23(29)28-14-20(19-6-5-7-22(31-3)24(19)32-4)21(15-28)25(30)27-13-17-8-10-18(26)11-9-17/h5-11,16,20-21H,12-15H2,1-4H3,(H,27,30)/t20-,21+/m1/s1. The number of para-hydroxylation sites is 1. The number of hydrogen-bond acceptors (Lipinski definition) is 4. The van der Waals surface area contributed by atoms with E-state index in [0.29, 0.717) is 31.0 Å². The minimum atomic E-state index is -0.437. The van der Waals surface area contributed by atoms with E-state index in [1.54, 1.807) is 31.3 Å². The van der Waals surface area contributed by atoms with Gasteiger partial charge < -0.3 is 19.7 Å². The Morgan fingerprint density at radius 2 is 1.81 bits per heavy atom. The summed E-state index contributed by atoms with van der Waals surface area (Å²) >= 11 is 0. The number of nitrogens with zero attached hydrogens (tertiary/aromatic N) is 1. The Labute approximate surface area is 188 Å². The van der Waals surface area contributed by atoms with Crippen molar-refractivity contribution in [3.05, 3.63) is 59.4 Å². The molecule has 1 heterocycles. The molecule has 0 radical (unpaired) electrons. The van der Waals surface area contributed by atoms with E-state index in [-0.39, 0.29) is 36.0 Å². The molecule has 7 heteroatoms. The molecule has 1 aliphatic heterocycles. The quantitative estimate of drug-likeness (QED) is 0.676. The van der Waals surface area contributed by atoms with Crippen molar-refractivity contribution in [2.24, 2.45) is 11.8 Å². The van der Waals surface area contributed by atoms with E-state index < -0.39 is 5.92 Å². The first-order valence-corrected chi connectivity index (χ1v) is 10.8. The summed E-state index contributed by atoms with van der Waals surface area (Å²) < 4.78 is 24.2. The molecule has 1 fully saturated rings. The highest BCUT2D eigenvalue weighted by molar-refractivity contribution is 5.83. The Morgan fingerprint density at radius 3 is 2.44 bits per heavy atom. The van der Waals surface area contributed by atoms with Gasteiger partial charge in [-0.25, -0.2) is 4.39 Å². The van der Waals surface area contributed by atoms with Crippen LogP contribution in [0.15, 0.2) is 42.5 Å². The van der Waals surface area contributed by atoms with Gasteiger partial charge in [-0.15, -0.1) is 0 Å². The number of ether oxygens (including phenoxy) is 2. The Morgan fingerprint density at radius 1 is 1.09 bits per heavy atom. The number of hydrogen-bond donors (Lipinski definition) is 1. The molecular weight excluding hydrogens is 411 g/mol. The average molecular weight is 443 g/mol. The van der Waals surface area contributed by atoms with Crippen molar-refractivity contribution >= 4 is 11.8 Å². The molecule has 2 atom stereocenters. The predicted molar refractivity (Wildman–Crippen MR) is 120 cm³/mol. The maximum atomic E-state index is 13.2. The lowest BCUT2D eigenvalue weighted by Crippen LogP contribution is -2.35. The maximum absolute atomic E-state index is 13.2. The summed E-state index contributed by atoms with van der Waals surface area (Å²) in [4.78, 5) is 27.8. The molecule has 0 spiro atoms. The van der Waals surface area contributed by atoms with Crippen molar-refractivity contribution < 1.29 is 23.5 Å².